The third-order valence-electron chi connectivity index (χ3n) is 2.22. The fraction of sp³-hybridized carbons (Fsp3) is 0.875. The molecular formula is C8H15NO2. The molecule has 1 amide bonds. The molecule has 0 N–H and O–H groups in total. The third kappa shape index (κ3) is 2.19. The van der Waals surface area contributed by atoms with E-state index in [-0.39, 0.29) is 5.91 Å². The average molecular weight is 157 g/mol. The first-order valence-corrected chi connectivity index (χ1v) is 4.02. The highest BCUT2D eigenvalue weighted by Crippen LogP contribution is 2.12. The summed E-state index contributed by atoms with van der Waals surface area (Å²) in [4.78, 5) is 12.7. The van der Waals surface area contributed by atoms with Crippen molar-refractivity contribution in [1.29, 1.82) is 0 Å². The molecule has 1 aliphatic heterocycles. The van der Waals surface area contributed by atoms with Gasteiger partial charge in [0, 0.05) is 27.1 Å². The van der Waals surface area contributed by atoms with Crippen LogP contribution in [0.3, 0.4) is 0 Å². The van der Waals surface area contributed by atoms with Crippen molar-refractivity contribution >= 4 is 5.91 Å². The molecule has 0 atom stereocenters. The van der Waals surface area contributed by atoms with Gasteiger partial charge in [-0.25, -0.2) is 0 Å². The molecule has 1 saturated heterocycles. The Morgan fingerprint density at radius 3 is 2.36 bits per heavy atom. The largest absolute Gasteiger partial charge is 0.381 e. The van der Waals surface area contributed by atoms with Crippen LogP contribution in [-0.4, -0.2) is 37.1 Å². The molecule has 0 unspecified atom stereocenters. The molecule has 0 radical (unpaired) electrons. The molecule has 11 heavy (non-hydrogen) atoms. The lowest BCUT2D eigenvalue weighted by molar-refractivity contribution is -0.131. The van der Waals surface area contributed by atoms with E-state index in [2.05, 4.69) is 0 Å². The zero-order chi connectivity index (χ0) is 8.27. The minimum absolute atomic E-state index is 0.180. The predicted octanol–water partition coefficient (Wildman–Crippen LogP) is 0.644. The van der Waals surface area contributed by atoms with Crippen LogP contribution in [0.2, 0.25) is 0 Å². The minimum Gasteiger partial charge on any atom is -0.381 e. The molecule has 0 aromatic heterocycles. The maximum absolute atomic E-state index is 10.9. The van der Waals surface area contributed by atoms with E-state index >= 15 is 0 Å². The molecule has 0 bridgehead atoms. The van der Waals surface area contributed by atoms with Gasteiger partial charge in [-0.15, -0.1) is 0 Å². The molecule has 1 rings (SSSR count). The first-order valence-electron chi connectivity index (χ1n) is 4.02. The van der Waals surface area contributed by atoms with Crippen LogP contribution in [0, 0.1) is 0 Å². The van der Waals surface area contributed by atoms with Crippen molar-refractivity contribution in [1.82, 2.24) is 4.90 Å². The van der Waals surface area contributed by atoms with Gasteiger partial charge >= 0.3 is 0 Å². The summed E-state index contributed by atoms with van der Waals surface area (Å²) in [6.07, 6.45) is 2.33. The van der Waals surface area contributed by atoms with Crippen molar-refractivity contribution in [2.45, 2.75) is 25.9 Å². The topological polar surface area (TPSA) is 29.5 Å². The summed E-state index contributed by atoms with van der Waals surface area (Å²) < 4.78 is 5.18. The zero-order valence-corrected chi connectivity index (χ0v) is 7.17. The first-order chi connectivity index (χ1) is 5.24. The Kier molecular flexibility index (Phi) is 2.88. The second-order valence-electron chi connectivity index (χ2n) is 2.94. The molecule has 0 saturated carbocycles. The number of ether oxygens (including phenoxy) is 1. The number of nitrogens with zero attached hydrogens (tertiary/aromatic N) is 1. The normalized spacial score (nSPS) is 20.4. The number of carbonyl (C=O) groups excluding carboxylic acids is 1. The van der Waals surface area contributed by atoms with E-state index in [0.29, 0.717) is 6.10 Å². The Morgan fingerprint density at radius 2 is 2.00 bits per heavy atom. The van der Waals surface area contributed by atoms with Crippen LogP contribution in [0.4, 0.5) is 0 Å². The highest BCUT2D eigenvalue weighted by molar-refractivity contribution is 5.73. The first kappa shape index (κ1) is 8.53. The van der Waals surface area contributed by atoms with Crippen LogP contribution in [0.5, 0.6) is 0 Å². The predicted molar refractivity (Wildman–Crippen MR) is 42.3 cm³/mol. The van der Waals surface area contributed by atoms with Crippen LogP contribution < -0.4 is 0 Å². The molecular weight excluding hydrogens is 142 g/mol. The maximum Gasteiger partial charge on any atom is 0.219 e. The van der Waals surface area contributed by atoms with E-state index in [4.69, 9.17) is 4.74 Å². The SMILES string of the molecule is COC1CCN(C(C)=O)CC1. The Bertz CT molecular complexity index is 139. The molecule has 3 heteroatoms. The lowest BCUT2D eigenvalue weighted by atomic mass is 10.1. The van der Waals surface area contributed by atoms with Crippen molar-refractivity contribution in [3.05, 3.63) is 0 Å². The van der Waals surface area contributed by atoms with Crippen molar-refractivity contribution in [2.75, 3.05) is 20.2 Å². The van der Waals surface area contributed by atoms with Gasteiger partial charge in [0.2, 0.25) is 5.91 Å². The van der Waals surface area contributed by atoms with Gasteiger partial charge in [0.1, 0.15) is 0 Å². The lowest BCUT2D eigenvalue weighted by Gasteiger charge is -2.30. The smallest absolute Gasteiger partial charge is 0.219 e. The molecule has 0 aromatic rings. The van der Waals surface area contributed by atoms with Gasteiger partial charge in [-0.2, -0.15) is 0 Å². The number of piperidine rings is 1. The Balaban J connectivity index is 2.30. The van der Waals surface area contributed by atoms with Crippen molar-refractivity contribution < 1.29 is 9.53 Å². The van der Waals surface area contributed by atoms with Crippen LogP contribution in [0.1, 0.15) is 19.8 Å². The Hall–Kier alpha value is -0.570. The standard InChI is InChI=1S/C8H15NO2/c1-7(10)9-5-3-8(11-2)4-6-9/h8H,3-6H2,1-2H3. The highest BCUT2D eigenvalue weighted by Gasteiger charge is 2.19. The molecule has 0 aromatic carbocycles. The van der Waals surface area contributed by atoms with Gasteiger partial charge in [-0.05, 0) is 12.8 Å². The van der Waals surface area contributed by atoms with E-state index in [1.807, 2.05) is 4.90 Å². The van der Waals surface area contributed by atoms with E-state index < -0.39 is 0 Å². The number of methoxy groups -OCH3 is 1. The van der Waals surface area contributed by atoms with Crippen LogP contribution in [0.15, 0.2) is 0 Å². The van der Waals surface area contributed by atoms with E-state index in [1.165, 1.54) is 0 Å². The van der Waals surface area contributed by atoms with E-state index in [0.717, 1.165) is 25.9 Å². The van der Waals surface area contributed by atoms with Gasteiger partial charge in [0.25, 0.3) is 0 Å². The van der Waals surface area contributed by atoms with Gasteiger partial charge in [0.05, 0.1) is 6.10 Å². The summed E-state index contributed by atoms with van der Waals surface area (Å²) in [5, 5.41) is 0. The molecule has 0 spiro atoms. The molecule has 1 heterocycles. The fourth-order valence-electron chi connectivity index (χ4n) is 1.41. The van der Waals surface area contributed by atoms with Crippen LogP contribution in [-0.2, 0) is 9.53 Å². The summed E-state index contributed by atoms with van der Waals surface area (Å²) in [5.41, 5.74) is 0. The quantitative estimate of drug-likeness (QED) is 0.559. The third-order valence-corrected chi connectivity index (χ3v) is 2.22. The number of likely N-dealkylation sites (tertiary alicyclic amines) is 1. The number of hydrogen-bond acceptors (Lipinski definition) is 2. The molecule has 3 nitrogen and oxygen atoms in total. The monoisotopic (exact) mass is 157 g/mol. The summed E-state index contributed by atoms with van der Waals surface area (Å²) in [6.45, 7) is 3.33. The molecule has 1 aliphatic rings. The second-order valence-corrected chi connectivity index (χ2v) is 2.94. The number of carbonyl (C=O) groups is 1. The van der Waals surface area contributed by atoms with E-state index in [1.54, 1.807) is 14.0 Å². The lowest BCUT2D eigenvalue weighted by Crippen LogP contribution is -2.39. The van der Waals surface area contributed by atoms with Crippen molar-refractivity contribution in [3.8, 4) is 0 Å². The van der Waals surface area contributed by atoms with Gasteiger partial charge in [-0.3, -0.25) is 4.79 Å². The maximum atomic E-state index is 10.9. The molecule has 1 fully saturated rings. The highest BCUT2D eigenvalue weighted by atomic mass is 16.5. The van der Waals surface area contributed by atoms with Gasteiger partial charge < -0.3 is 9.64 Å². The number of amides is 1. The summed E-state index contributed by atoms with van der Waals surface area (Å²) in [7, 11) is 1.73. The van der Waals surface area contributed by atoms with Gasteiger partial charge in [0.15, 0.2) is 0 Å². The van der Waals surface area contributed by atoms with Crippen molar-refractivity contribution in [3.63, 3.8) is 0 Å². The summed E-state index contributed by atoms with van der Waals surface area (Å²) in [5.74, 6) is 0.180. The number of rotatable bonds is 1. The number of hydrogen-bond donors (Lipinski definition) is 0. The average Bonchev–Trinajstić information content (AvgIpc) is 2.05. The summed E-state index contributed by atoms with van der Waals surface area (Å²) >= 11 is 0. The minimum atomic E-state index is 0.180. The second kappa shape index (κ2) is 3.72. The fourth-order valence-corrected chi connectivity index (χ4v) is 1.41. The molecule has 0 aliphatic carbocycles. The Morgan fingerprint density at radius 1 is 1.45 bits per heavy atom. The molecule has 64 valence electrons. The summed E-state index contributed by atoms with van der Waals surface area (Å²) in [6, 6.07) is 0. The zero-order valence-electron chi connectivity index (χ0n) is 7.17. The van der Waals surface area contributed by atoms with Gasteiger partial charge in [-0.1, -0.05) is 0 Å². The van der Waals surface area contributed by atoms with Crippen LogP contribution >= 0.6 is 0 Å². The van der Waals surface area contributed by atoms with Crippen LogP contribution in [0.25, 0.3) is 0 Å². The van der Waals surface area contributed by atoms with Crippen molar-refractivity contribution in [2.24, 2.45) is 0 Å². The van der Waals surface area contributed by atoms with E-state index in [9.17, 15) is 4.79 Å². The Labute approximate surface area is 67.3 Å².